The number of allylic oxidation sites excluding steroid dienone is 1. The maximum absolute atomic E-state index is 11.5. The van der Waals surface area contributed by atoms with Crippen molar-refractivity contribution in [3.63, 3.8) is 0 Å². The zero-order valence-electron chi connectivity index (χ0n) is 7.02. The normalized spacial score (nSPS) is 43.2. The quantitative estimate of drug-likeness (QED) is 0.484. The lowest BCUT2D eigenvalue weighted by molar-refractivity contribution is -0.123. The highest BCUT2D eigenvalue weighted by molar-refractivity contribution is 5.90. The molecule has 0 saturated heterocycles. The molecule has 0 aliphatic heterocycles. The topological polar surface area (TPSA) is 17.1 Å². The standard InChI is InChI=1S/C10H14O/c1-7-3-4-8-5-6-9(11)10(7,8)2/h8H,1,3-6H2,2H3/t8-,10-/m1/s1. The van der Waals surface area contributed by atoms with Crippen LogP contribution in [0.15, 0.2) is 12.2 Å². The number of hydrogen-bond donors (Lipinski definition) is 0. The van der Waals surface area contributed by atoms with Crippen molar-refractivity contribution in [2.75, 3.05) is 0 Å². The lowest BCUT2D eigenvalue weighted by atomic mass is 9.79. The van der Waals surface area contributed by atoms with E-state index in [-0.39, 0.29) is 5.41 Å². The third-order valence-corrected chi connectivity index (χ3v) is 3.64. The predicted molar refractivity (Wildman–Crippen MR) is 44.2 cm³/mol. The summed E-state index contributed by atoms with van der Waals surface area (Å²) in [5.41, 5.74) is 1.07. The molecule has 1 nitrogen and oxygen atoms in total. The van der Waals surface area contributed by atoms with Crippen LogP contribution in [0.25, 0.3) is 0 Å². The summed E-state index contributed by atoms with van der Waals surface area (Å²) < 4.78 is 0. The van der Waals surface area contributed by atoms with Gasteiger partial charge in [-0.25, -0.2) is 0 Å². The van der Waals surface area contributed by atoms with Gasteiger partial charge in [-0.15, -0.1) is 0 Å². The summed E-state index contributed by atoms with van der Waals surface area (Å²) in [5.74, 6) is 1.06. The third-order valence-electron chi connectivity index (χ3n) is 3.64. The molecular weight excluding hydrogens is 136 g/mol. The van der Waals surface area contributed by atoms with Gasteiger partial charge in [0.2, 0.25) is 0 Å². The molecule has 2 saturated carbocycles. The smallest absolute Gasteiger partial charge is 0.143 e. The molecule has 2 aliphatic rings. The first-order valence-electron chi connectivity index (χ1n) is 4.37. The molecule has 2 rings (SSSR count). The summed E-state index contributed by atoms with van der Waals surface area (Å²) in [7, 11) is 0. The van der Waals surface area contributed by atoms with Crippen LogP contribution in [0.4, 0.5) is 0 Å². The number of rotatable bonds is 0. The Hall–Kier alpha value is -0.590. The Morgan fingerprint density at radius 3 is 2.73 bits per heavy atom. The number of Topliss-reactive ketones (excluding diaryl/α,β-unsaturated/α-hetero) is 1. The molecule has 2 aliphatic carbocycles. The van der Waals surface area contributed by atoms with Crippen LogP contribution in [0.1, 0.15) is 32.6 Å². The first-order chi connectivity index (χ1) is 5.15. The SMILES string of the molecule is C=C1CC[C@@H]2CCC(=O)[C@]12C. The maximum Gasteiger partial charge on any atom is 0.143 e. The number of fused-ring (bicyclic) bond motifs is 1. The Bertz CT molecular complexity index is 207. The molecule has 0 unspecified atom stereocenters. The van der Waals surface area contributed by atoms with E-state index in [4.69, 9.17) is 0 Å². The number of carbonyl (C=O) groups excluding carboxylic acids is 1. The lowest BCUT2D eigenvalue weighted by Crippen LogP contribution is -2.25. The average molecular weight is 150 g/mol. The van der Waals surface area contributed by atoms with Gasteiger partial charge in [0.05, 0.1) is 0 Å². The van der Waals surface area contributed by atoms with Gasteiger partial charge in [-0.05, 0) is 32.1 Å². The zero-order valence-corrected chi connectivity index (χ0v) is 7.02. The highest BCUT2D eigenvalue weighted by Gasteiger charge is 2.50. The van der Waals surface area contributed by atoms with Crippen LogP contribution in [0.2, 0.25) is 0 Å². The predicted octanol–water partition coefficient (Wildman–Crippen LogP) is 2.32. The van der Waals surface area contributed by atoms with Crippen LogP contribution in [0, 0.1) is 11.3 Å². The van der Waals surface area contributed by atoms with Crippen LogP contribution in [-0.2, 0) is 4.79 Å². The second-order valence-electron chi connectivity index (χ2n) is 4.00. The van der Waals surface area contributed by atoms with Crippen LogP contribution in [0.5, 0.6) is 0 Å². The summed E-state index contributed by atoms with van der Waals surface area (Å²) in [6, 6.07) is 0. The van der Waals surface area contributed by atoms with Crippen LogP contribution in [0.3, 0.4) is 0 Å². The molecule has 1 heteroatoms. The molecule has 0 radical (unpaired) electrons. The first-order valence-corrected chi connectivity index (χ1v) is 4.37. The van der Waals surface area contributed by atoms with Crippen LogP contribution >= 0.6 is 0 Å². The van der Waals surface area contributed by atoms with Gasteiger partial charge in [0.15, 0.2) is 0 Å². The van der Waals surface area contributed by atoms with Crippen molar-refractivity contribution in [3.05, 3.63) is 12.2 Å². The van der Waals surface area contributed by atoms with Gasteiger partial charge in [-0.2, -0.15) is 0 Å². The molecule has 0 spiro atoms. The summed E-state index contributed by atoms with van der Waals surface area (Å²) in [6.45, 7) is 6.08. The van der Waals surface area contributed by atoms with Gasteiger partial charge >= 0.3 is 0 Å². The molecule has 2 atom stereocenters. The van der Waals surface area contributed by atoms with Crippen LogP contribution in [-0.4, -0.2) is 5.78 Å². The van der Waals surface area contributed by atoms with Gasteiger partial charge < -0.3 is 0 Å². The Labute approximate surface area is 67.5 Å². The van der Waals surface area contributed by atoms with E-state index in [0.29, 0.717) is 11.7 Å². The van der Waals surface area contributed by atoms with Crippen molar-refractivity contribution in [1.82, 2.24) is 0 Å². The van der Waals surface area contributed by atoms with Gasteiger partial charge in [-0.1, -0.05) is 12.2 Å². The fourth-order valence-corrected chi connectivity index (χ4v) is 2.61. The van der Waals surface area contributed by atoms with Crippen molar-refractivity contribution in [2.24, 2.45) is 11.3 Å². The van der Waals surface area contributed by atoms with Crippen molar-refractivity contribution in [3.8, 4) is 0 Å². The fraction of sp³-hybridized carbons (Fsp3) is 0.700. The highest BCUT2D eigenvalue weighted by Crippen LogP contribution is 2.54. The third kappa shape index (κ3) is 0.688. The molecule has 11 heavy (non-hydrogen) atoms. The minimum Gasteiger partial charge on any atom is -0.299 e. The lowest BCUT2D eigenvalue weighted by Gasteiger charge is -2.22. The molecule has 60 valence electrons. The number of ketones is 1. The molecule has 0 aromatic carbocycles. The van der Waals surface area contributed by atoms with E-state index in [0.717, 1.165) is 19.3 Å². The van der Waals surface area contributed by atoms with Gasteiger partial charge in [0, 0.05) is 11.8 Å². The fourth-order valence-electron chi connectivity index (χ4n) is 2.61. The second kappa shape index (κ2) is 1.96. The Kier molecular flexibility index (Phi) is 1.26. The molecule has 0 bridgehead atoms. The second-order valence-corrected chi connectivity index (χ2v) is 4.00. The van der Waals surface area contributed by atoms with Gasteiger partial charge in [0.1, 0.15) is 5.78 Å². The largest absolute Gasteiger partial charge is 0.299 e. The van der Waals surface area contributed by atoms with E-state index < -0.39 is 0 Å². The van der Waals surface area contributed by atoms with E-state index in [9.17, 15) is 4.79 Å². The summed E-state index contributed by atoms with van der Waals surface area (Å²) in [4.78, 5) is 11.5. The average Bonchev–Trinajstić information content (AvgIpc) is 2.40. The van der Waals surface area contributed by atoms with E-state index in [1.165, 1.54) is 12.0 Å². The first kappa shape index (κ1) is 7.08. The molecule has 0 amide bonds. The van der Waals surface area contributed by atoms with Crippen molar-refractivity contribution in [1.29, 1.82) is 0 Å². The molecule has 0 N–H and O–H groups in total. The van der Waals surface area contributed by atoms with Gasteiger partial charge in [-0.3, -0.25) is 4.79 Å². The molecule has 0 heterocycles. The summed E-state index contributed by atoms with van der Waals surface area (Å²) >= 11 is 0. The van der Waals surface area contributed by atoms with Crippen LogP contribution < -0.4 is 0 Å². The Morgan fingerprint density at radius 2 is 2.09 bits per heavy atom. The zero-order chi connectivity index (χ0) is 8.06. The Morgan fingerprint density at radius 1 is 1.45 bits per heavy atom. The monoisotopic (exact) mass is 150 g/mol. The van der Waals surface area contributed by atoms with Crippen molar-refractivity contribution >= 4 is 5.78 Å². The van der Waals surface area contributed by atoms with E-state index in [2.05, 4.69) is 13.5 Å². The van der Waals surface area contributed by atoms with E-state index >= 15 is 0 Å². The molecule has 0 aromatic rings. The molecule has 0 aromatic heterocycles. The summed E-state index contributed by atoms with van der Waals surface area (Å²) in [5, 5.41) is 0. The Balaban J connectivity index is 2.42. The minimum atomic E-state index is -0.111. The number of hydrogen-bond acceptors (Lipinski definition) is 1. The van der Waals surface area contributed by atoms with E-state index in [1.54, 1.807) is 0 Å². The molecular formula is C10H14O. The minimum absolute atomic E-state index is 0.111. The number of carbonyl (C=O) groups is 1. The van der Waals surface area contributed by atoms with E-state index in [1.807, 2.05) is 0 Å². The molecule has 2 fully saturated rings. The maximum atomic E-state index is 11.5. The van der Waals surface area contributed by atoms with Crippen molar-refractivity contribution in [2.45, 2.75) is 32.6 Å². The summed E-state index contributed by atoms with van der Waals surface area (Å²) in [6.07, 6.45) is 4.17. The van der Waals surface area contributed by atoms with Gasteiger partial charge in [0.25, 0.3) is 0 Å². The highest BCUT2D eigenvalue weighted by atomic mass is 16.1. The van der Waals surface area contributed by atoms with Crippen molar-refractivity contribution < 1.29 is 4.79 Å².